The molecule has 2 aromatic carbocycles. The summed E-state index contributed by atoms with van der Waals surface area (Å²) in [6.07, 6.45) is 0. The number of carbonyl (C=O) groups excluding carboxylic acids is 1. The highest BCUT2D eigenvalue weighted by Crippen LogP contribution is 2.30. The lowest BCUT2D eigenvalue weighted by atomic mass is 10.3. The zero-order valence-corrected chi connectivity index (χ0v) is 11.9. The minimum absolute atomic E-state index is 0.0180. The average Bonchev–Trinajstić information content (AvgIpc) is 2.48. The van der Waals surface area contributed by atoms with E-state index in [0.717, 1.165) is 21.2 Å². The molecule has 0 heterocycles. The number of ether oxygens (including phenoxy) is 1. The first-order valence-corrected chi connectivity index (χ1v) is 6.95. The monoisotopic (exact) mass is 288 g/mol. The van der Waals surface area contributed by atoms with Crippen LogP contribution in [-0.4, -0.2) is 19.6 Å². The zero-order chi connectivity index (χ0) is 14.4. The van der Waals surface area contributed by atoms with Crippen LogP contribution in [0.1, 0.15) is 0 Å². The number of methoxy groups -OCH3 is 1. The molecule has 4 nitrogen and oxygen atoms in total. The van der Waals surface area contributed by atoms with Crippen LogP contribution in [-0.2, 0) is 4.79 Å². The molecule has 0 atom stereocenters. The summed E-state index contributed by atoms with van der Waals surface area (Å²) in [6, 6.07) is 15.5. The van der Waals surface area contributed by atoms with E-state index in [2.05, 4.69) is 5.32 Å². The maximum Gasteiger partial charge on any atom is 0.238 e. The van der Waals surface area contributed by atoms with Crippen molar-refractivity contribution in [3.05, 3.63) is 48.5 Å². The van der Waals surface area contributed by atoms with E-state index in [9.17, 15) is 4.79 Å². The smallest absolute Gasteiger partial charge is 0.238 e. The second-order valence-corrected chi connectivity index (χ2v) is 5.20. The Morgan fingerprint density at radius 1 is 1.20 bits per heavy atom. The predicted octanol–water partition coefficient (Wildman–Crippen LogP) is 2.74. The first-order valence-electron chi connectivity index (χ1n) is 6.13. The van der Waals surface area contributed by atoms with E-state index in [4.69, 9.17) is 10.5 Å². The van der Waals surface area contributed by atoms with Crippen molar-refractivity contribution in [3.63, 3.8) is 0 Å². The number of nitrogens with one attached hydrogen (secondary N) is 1. The number of nitrogens with two attached hydrogens (primary N) is 1. The fourth-order valence-electron chi connectivity index (χ4n) is 1.63. The molecule has 20 heavy (non-hydrogen) atoms. The van der Waals surface area contributed by atoms with Crippen molar-refractivity contribution in [3.8, 4) is 5.75 Å². The molecule has 0 radical (unpaired) electrons. The van der Waals surface area contributed by atoms with Gasteiger partial charge in [0.1, 0.15) is 5.75 Å². The van der Waals surface area contributed by atoms with Crippen molar-refractivity contribution in [1.82, 2.24) is 0 Å². The fraction of sp³-hybridized carbons (Fsp3) is 0.133. The molecule has 5 heteroatoms. The summed E-state index contributed by atoms with van der Waals surface area (Å²) in [6.45, 7) is -0.0180. The molecule has 2 aromatic rings. The molecule has 0 saturated carbocycles. The van der Waals surface area contributed by atoms with Gasteiger partial charge in [0.2, 0.25) is 5.91 Å². The van der Waals surface area contributed by atoms with Gasteiger partial charge in [0.25, 0.3) is 0 Å². The topological polar surface area (TPSA) is 64.3 Å². The molecular formula is C15H16N2O2S. The van der Waals surface area contributed by atoms with E-state index < -0.39 is 0 Å². The standard InChI is InChI=1S/C15H16N2O2S/c1-19-12-5-7-13(8-6-12)20-14-4-2-3-11(9-14)17-15(18)10-16/h2-9H,10,16H2,1H3,(H,17,18). The number of anilines is 1. The highest BCUT2D eigenvalue weighted by molar-refractivity contribution is 7.99. The normalized spacial score (nSPS) is 10.1. The van der Waals surface area contributed by atoms with Gasteiger partial charge in [-0.3, -0.25) is 4.79 Å². The third-order valence-electron chi connectivity index (χ3n) is 2.60. The number of rotatable bonds is 5. The fourth-order valence-corrected chi connectivity index (χ4v) is 2.51. The Labute approximate surface area is 122 Å². The summed E-state index contributed by atoms with van der Waals surface area (Å²) in [5.41, 5.74) is 6.03. The van der Waals surface area contributed by atoms with Crippen molar-refractivity contribution < 1.29 is 9.53 Å². The maximum absolute atomic E-state index is 11.3. The van der Waals surface area contributed by atoms with Crippen molar-refractivity contribution in [2.24, 2.45) is 5.73 Å². The summed E-state index contributed by atoms with van der Waals surface area (Å²) < 4.78 is 5.13. The molecule has 0 bridgehead atoms. The van der Waals surface area contributed by atoms with E-state index in [0.29, 0.717) is 0 Å². The quantitative estimate of drug-likeness (QED) is 0.888. The average molecular weight is 288 g/mol. The van der Waals surface area contributed by atoms with Gasteiger partial charge in [-0.05, 0) is 42.5 Å². The second kappa shape index (κ2) is 6.98. The van der Waals surface area contributed by atoms with E-state index in [1.54, 1.807) is 18.9 Å². The van der Waals surface area contributed by atoms with Crippen molar-refractivity contribution in [2.45, 2.75) is 9.79 Å². The van der Waals surface area contributed by atoms with E-state index in [-0.39, 0.29) is 12.5 Å². The zero-order valence-electron chi connectivity index (χ0n) is 11.1. The highest BCUT2D eigenvalue weighted by Gasteiger charge is 2.02. The van der Waals surface area contributed by atoms with Crippen LogP contribution in [0.25, 0.3) is 0 Å². The van der Waals surface area contributed by atoms with E-state index in [1.165, 1.54) is 0 Å². The van der Waals surface area contributed by atoms with E-state index >= 15 is 0 Å². The van der Waals surface area contributed by atoms with Crippen LogP contribution in [0, 0.1) is 0 Å². The summed E-state index contributed by atoms with van der Waals surface area (Å²) in [7, 11) is 1.64. The molecule has 104 valence electrons. The highest BCUT2D eigenvalue weighted by atomic mass is 32.2. The van der Waals surface area contributed by atoms with Gasteiger partial charge in [0.05, 0.1) is 13.7 Å². The molecule has 0 unspecified atom stereocenters. The SMILES string of the molecule is COc1ccc(Sc2cccc(NC(=O)CN)c2)cc1. The number of carbonyl (C=O) groups is 1. The lowest BCUT2D eigenvalue weighted by Crippen LogP contribution is -2.21. The summed E-state index contributed by atoms with van der Waals surface area (Å²) in [5.74, 6) is 0.634. The Kier molecular flexibility index (Phi) is 5.03. The van der Waals surface area contributed by atoms with Crippen molar-refractivity contribution in [1.29, 1.82) is 0 Å². The van der Waals surface area contributed by atoms with Crippen LogP contribution >= 0.6 is 11.8 Å². The largest absolute Gasteiger partial charge is 0.497 e. The maximum atomic E-state index is 11.3. The number of hydrogen-bond acceptors (Lipinski definition) is 4. The minimum Gasteiger partial charge on any atom is -0.497 e. The predicted molar refractivity (Wildman–Crippen MR) is 81.2 cm³/mol. The van der Waals surface area contributed by atoms with Gasteiger partial charge in [-0.15, -0.1) is 0 Å². The molecule has 0 spiro atoms. The third-order valence-corrected chi connectivity index (χ3v) is 3.60. The van der Waals surface area contributed by atoms with Gasteiger partial charge in [0, 0.05) is 15.5 Å². The van der Waals surface area contributed by atoms with Gasteiger partial charge in [-0.2, -0.15) is 0 Å². The van der Waals surface area contributed by atoms with Crippen LogP contribution < -0.4 is 15.8 Å². The van der Waals surface area contributed by atoms with Gasteiger partial charge in [0.15, 0.2) is 0 Å². The molecule has 0 aliphatic heterocycles. The van der Waals surface area contributed by atoms with Crippen LogP contribution in [0.5, 0.6) is 5.75 Å². The van der Waals surface area contributed by atoms with Crippen LogP contribution in [0.3, 0.4) is 0 Å². The van der Waals surface area contributed by atoms with Gasteiger partial charge < -0.3 is 15.8 Å². The molecular weight excluding hydrogens is 272 g/mol. The molecule has 1 amide bonds. The molecule has 2 rings (SSSR count). The van der Waals surface area contributed by atoms with Crippen LogP contribution in [0.15, 0.2) is 58.3 Å². The van der Waals surface area contributed by atoms with Gasteiger partial charge in [-0.25, -0.2) is 0 Å². The van der Waals surface area contributed by atoms with Gasteiger partial charge >= 0.3 is 0 Å². The second-order valence-electron chi connectivity index (χ2n) is 4.06. The van der Waals surface area contributed by atoms with Gasteiger partial charge in [-0.1, -0.05) is 17.8 Å². The third kappa shape index (κ3) is 4.01. The lowest BCUT2D eigenvalue weighted by Gasteiger charge is -2.07. The molecule has 0 aliphatic rings. The first kappa shape index (κ1) is 14.4. The summed E-state index contributed by atoms with van der Waals surface area (Å²) in [5, 5.41) is 2.74. The first-order chi connectivity index (χ1) is 9.71. The summed E-state index contributed by atoms with van der Waals surface area (Å²) in [4.78, 5) is 13.4. The molecule has 0 aromatic heterocycles. The summed E-state index contributed by atoms with van der Waals surface area (Å²) >= 11 is 1.62. The van der Waals surface area contributed by atoms with Crippen LogP contribution in [0.4, 0.5) is 5.69 Å². The molecule has 3 N–H and O–H groups in total. The lowest BCUT2D eigenvalue weighted by molar-refractivity contribution is -0.114. The number of hydrogen-bond donors (Lipinski definition) is 2. The van der Waals surface area contributed by atoms with Crippen LogP contribution in [0.2, 0.25) is 0 Å². The Morgan fingerprint density at radius 2 is 1.95 bits per heavy atom. The number of amides is 1. The van der Waals surface area contributed by atoms with Crippen molar-refractivity contribution in [2.75, 3.05) is 19.0 Å². The molecule has 0 saturated heterocycles. The Morgan fingerprint density at radius 3 is 2.60 bits per heavy atom. The minimum atomic E-state index is -0.198. The molecule has 0 fully saturated rings. The molecule has 0 aliphatic carbocycles. The Hall–Kier alpha value is -1.98. The van der Waals surface area contributed by atoms with E-state index in [1.807, 2.05) is 48.5 Å². The Bertz CT molecular complexity index is 585. The number of benzene rings is 2. The van der Waals surface area contributed by atoms with Crippen molar-refractivity contribution >= 4 is 23.4 Å². The Balaban J connectivity index is 2.08.